The lowest BCUT2D eigenvalue weighted by Crippen LogP contribution is -2.14. The molecule has 35 heavy (non-hydrogen) atoms. The van der Waals surface area contributed by atoms with Gasteiger partial charge < -0.3 is 10.6 Å². The number of amides is 1. The van der Waals surface area contributed by atoms with Crippen LogP contribution in [0.4, 0.5) is 17.3 Å². The minimum absolute atomic E-state index is 0.250. The van der Waals surface area contributed by atoms with Crippen LogP contribution in [0.15, 0.2) is 78.9 Å². The van der Waals surface area contributed by atoms with E-state index in [0.717, 1.165) is 46.3 Å². The van der Waals surface area contributed by atoms with Crippen LogP contribution in [-0.4, -0.2) is 15.9 Å². The molecule has 1 aliphatic rings. The van der Waals surface area contributed by atoms with E-state index in [1.165, 1.54) is 5.57 Å². The molecule has 3 aromatic carbocycles. The van der Waals surface area contributed by atoms with Gasteiger partial charge in [-0.25, -0.2) is 9.97 Å². The van der Waals surface area contributed by atoms with Crippen LogP contribution in [0.2, 0.25) is 5.02 Å². The first kappa shape index (κ1) is 22.8. The summed E-state index contributed by atoms with van der Waals surface area (Å²) < 4.78 is 0. The van der Waals surface area contributed by atoms with Crippen LogP contribution in [-0.2, 0) is 0 Å². The van der Waals surface area contributed by atoms with Gasteiger partial charge in [-0.2, -0.15) is 0 Å². The van der Waals surface area contributed by atoms with Crippen LogP contribution in [0.3, 0.4) is 0 Å². The second-order valence-corrected chi connectivity index (χ2v) is 9.02. The molecule has 5 rings (SSSR count). The summed E-state index contributed by atoms with van der Waals surface area (Å²) in [7, 11) is 0. The van der Waals surface area contributed by atoms with Crippen LogP contribution in [0, 0.1) is 13.8 Å². The number of fused-ring (bicyclic) bond motifs is 1. The number of aromatic nitrogens is 2. The summed E-state index contributed by atoms with van der Waals surface area (Å²) >= 11 is 6.53. The molecule has 0 bridgehead atoms. The number of hydrogen-bond donors (Lipinski definition) is 2. The Labute approximate surface area is 209 Å². The molecule has 6 heteroatoms. The molecule has 1 aliphatic carbocycles. The Morgan fingerprint density at radius 3 is 2.51 bits per heavy atom. The van der Waals surface area contributed by atoms with Crippen molar-refractivity contribution in [1.82, 2.24) is 9.97 Å². The highest BCUT2D eigenvalue weighted by Gasteiger charge is 2.16. The number of halogens is 1. The second kappa shape index (κ2) is 9.72. The number of nitrogens with zero attached hydrogens (tertiary/aromatic N) is 2. The fourth-order valence-corrected chi connectivity index (χ4v) is 4.54. The first-order chi connectivity index (χ1) is 17.0. The third-order valence-electron chi connectivity index (χ3n) is 6.11. The topological polar surface area (TPSA) is 66.9 Å². The molecular weight excluding hydrogens is 456 g/mol. The van der Waals surface area contributed by atoms with E-state index in [1.54, 1.807) is 12.1 Å². The van der Waals surface area contributed by atoms with E-state index in [-0.39, 0.29) is 5.91 Å². The SMILES string of the molecule is Cc1cccc(C)c1NC(=O)c1ccc(Nc2nc(C3=CC=CCC3)c3ccccc3n2)cc1Cl. The summed E-state index contributed by atoms with van der Waals surface area (Å²) in [6, 6.07) is 19.2. The maximum atomic E-state index is 12.9. The Kier molecular flexibility index (Phi) is 6.34. The van der Waals surface area contributed by atoms with Crippen molar-refractivity contribution in [3.05, 3.63) is 106 Å². The van der Waals surface area contributed by atoms with Crippen molar-refractivity contribution < 1.29 is 4.79 Å². The van der Waals surface area contributed by atoms with Gasteiger partial charge in [0, 0.05) is 16.8 Å². The van der Waals surface area contributed by atoms with E-state index in [4.69, 9.17) is 21.6 Å². The molecule has 1 amide bonds. The first-order valence-corrected chi connectivity index (χ1v) is 11.9. The third kappa shape index (κ3) is 4.81. The summed E-state index contributed by atoms with van der Waals surface area (Å²) in [6.45, 7) is 3.93. The van der Waals surface area contributed by atoms with Gasteiger partial charge in [-0.3, -0.25) is 4.79 Å². The fraction of sp³-hybridized carbons (Fsp3) is 0.138. The summed E-state index contributed by atoms with van der Waals surface area (Å²) in [6.07, 6.45) is 8.28. The lowest BCUT2D eigenvalue weighted by atomic mass is 9.99. The minimum atomic E-state index is -0.250. The Morgan fingerprint density at radius 1 is 0.971 bits per heavy atom. The van der Waals surface area contributed by atoms with E-state index in [2.05, 4.69) is 28.9 Å². The normalized spacial score (nSPS) is 12.9. The molecule has 1 heterocycles. The van der Waals surface area contributed by atoms with E-state index in [1.807, 2.05) is 62.4 Å². The number of anilines is 3. The van der Waals surface area contributed by atoms with Gasteiger partial charge >= 0.3 is 0 Å². The van der Waals surface area contributed by atoms with Gasteiger partial charge in [-0.05, 0) is 67.7 Å². The highest BCUT2D eigenvalue weighted by Crippen LogP contribution is 2.30. The lowest BCUT2D eigenvalue weighted by molar-refractivity contribution is 0.102. The third-order valence-corrected chi connectivity index (χ3v) is 6.42. The molecular formula is C29H25ClN4O. The monoisotopic (exact) mass is 480 g/mol. The quantitative estimate of drug-likeness (QED) is 0.308. The average Bonchev–Trinajstić information content (AvgIpc) is 2.86. The molecule has 0 atom stereocenters. The van der Waals surface area contributed by atoms with Crippen molar-refractivity contribution in [2.24, 2.45) is 0 Å². The van der Waals surface area contributed by atoms with Gasteiger partial charge in [-0.1, -0.05) is 66.2 Å². The zero-order chi connectivity index (χ0) is 24.4. The Hall–Kier alpha value is -3.96. The van der Waals surface area contributed by atoms with Gasteiger partial charge in [0.15, 0.2) is 0 Å². The number of hydrogen-bond acceptors (Lipinski definition) is 4. The standard InChI is InChI=1S/C29H25ClN4O/c1-18-9-8-10-19(2)26(18)33-28(35)22-16-15-21(17-24(22)30)31-29-32-25-14-7-6-13-23(25)27(34-29)20-11-4-3-5-12-20/h3-4,6-11,13-17H,5,12H2,1-2H3,(H,33,35)(H,31,32,34). The molecule has 0 radical (unpaired) electrons. The summed E-state index contributed by atoms with van der Waals surface area (Å²) in [4.78, 5) is 22.5. The summed E-state index contributed by atoms with van der Waals surface area (Å²) in [5, 5.41) is 7.63. The molecule has 4 aromatic rings. The highest BCUT2D eigenvalue weighted by molar-refractivity contribution is 6.34. The van der Waals surface area contributed by atoms with Crippen LogP contribution < -0.4 is 10.6 Å². The Balaban J connectivity index is 1.43. The van der Waals surface area contributed by atoms with E-state index >= 15 is 0 Å². The number of carbonyl (C=O) groups excluding carboxylic acids is 1. The predicted molar refractivity (Wildman–Crippen MR) is 144 cm³/mol. The van der Waals surface area contributed by atoms with Crippen molar-refractivity contribution in [2.75, 3.05) is 10.6 Å². The minimum Gasteiger partial charge on any atom is -0.324 e. The maximum absolute atomic E-state index is 12.9. The summed E-state index contributed by atoms with van der Waals surface area (Å²) in [5.41, 5.74) is 6.90. The molecule has 0 unspecified atom stereocenters. The van der Waals surface area contributed by atoms with Crippen LogP contribution in [0.1, 0.15) is 40.0 Å². The number of aryl methyl sites for hydroxylation is 2. The van der Waals surface area contributed by atoms with Crippen LogP contribution in [0.25, 0.3) is 16.5 Å². The molecule has 174 valence electrons. The largest absolute Gasteiger partial charge is 0.324 e. The summed E-state index contributed by atoms with van der Waals surface area (Å²) in [5.74, 6) is 0.235. The van der Waals surface area contributed by atoms with Crippen LogP contribution >= 0.6 is 11.6 Å². The molecule has 0 aliphatic heterocycles. The van der Waals surface area contributed by atoms with Gasteiger partial charge in [0.1, 0.15) is 0 Å². The molecule has 1 aromatic heterocycles. The van der Waals surface area contributed by atoms with Gasteiger partial charge in [0.25, 0.3) is 5.91 Å². The molecule has 2 N–H and O–H groups in total. The zero-order valence-corrected chi connectivity index (χ0v) is 20.4. The molecule has 5 nitrogen and oxygen atoms in total. The predicted octanol–water partition coefficient (Wildman–Crippen LogP) is 7.63. The molecule has 0 saturated carbocycles. The lowest BCUT2D eigenvalue weighted by Gasteiger charge is -2.15. The van der Waals surface area contributed by atoms with Gasteiger partial charge in [0.2, 0.25) is 5.95 Å². The number of rotatable bonds is 5. The van der Waals surface area contributed by atoms with E-state index in [0.29, 0.717) is 22.2 Å². The zero-order valence-electron chi connectivity index (χ0n) is 19.6. The van der Waals surface area contributed by atoms with Crippen molar-refractivity contribution in [1.29, 1.82) is 0 Å². The Morgan fingerprint density at radius 2 is 1.77 bits per heavy atom. The van der Waals surface area contributed by atoms with Crippen molar-refractivity contribution in [2.45, 2.75) is 26.7 Å². The van der Waals surface area contributed by atoms with Crippen molar-refractivity contribution in [3.8, 4) is 0 Å². The van der Waals surface area contributed by atoms with Gasteiger partial charge in [0.05, 0.1) is 21.8 Å². The number of allylic oxidation sites excluding steroid dienone is 4. The number of benzene rings is 3. The van der Waals surface area contributed by atoms with Gasteiger partial charge in [-0.15, -0.1) is 0 Å². The fourth-order valence-electron chi connectivity index (χ4n) is 4.28. The Bertz CT molecular complexity index is 1490. The van der Waals surface area contributed by atoms with Crippen molar-refractivity contribution >= 4 is 51.3 Å². The van der Waals surface area contributed by atoms with Crippen LogP contribution in [0.5, 0.6) is 0 Å². The molecule has 0 saturated heterocycles. The van der Waals surface area contributed by atoms with E-state index < -0.39 is 0 Å². The molecule has 0 fully saturated rings. The number of carbonyl (C=O) groups is 1. The van der Waals surface area contributed by atoms with E-state index in [9.17, 15) is 4.79 Å². The van der Waals surface area contributed by atoms with Crippen molar-refractivity contribution in [3.63, 3.8) is 0 Å². The average molecular weight is 481 g/mol. The first-order valence-electron chi connectivity index (χ1n) is 11.6. The highest BCUT2D eigenvalue weighted by atomic mass is 35.5. The number of para-hydroxylation sites is 2. The maximum Gasteiger partial charge on any atom is 0.257 e. The smallest absolute Gasteiger partial charge is 0.257 e. The molecule has 0 spiro atoms. The second-order valence-electron chi connectivity index (χ2n) is 8.61. The number of nitrogens with one attached hydrogen (secondary N) is 2.